The molecule has 2 aromatic carbocycles. The van der Waals surface area contributed by atoms with Crippen molar-refractivity contribution in [1.29, 1.82) is 0 Å². The molecule has 0 amide bonds. The maximum Gasteiger partial charge on any atom is 0.255 e. The number of fused-ring (bicyclic) bond motifs is 1. The van der Waals surface area contributed by atoms with Crippen LogP contribution in [0.2, 0.25) is 0 Å². The van der Waals surface area contributed by atoms with Gasteiger partial charge in [0, 0.05) is 11.6 Å². The van der Waals surface area contributed by atoms with Gasteiger partial charge in [0.2, 0.25) is 6.29 Å². The summed E-state index contributed by atoms with van der Waals surface area (Å²) in [7, 11) is 0. The molecule has 1 aliphatic heterocycles. The number of aryl methyl sites for hydroxylation is 1. The number of rotatable bonds is 4. The SMILES string of the molecule is Cc1cc(-c2ccc3cc[nH]c(=O)c3c2)ccc1O[C@H]1O[C@@H](CO)[C@@H](O)[C@H](O)[C@H]1O. The van der Waals surface area contributed by atoms with E-state index in [1.807, 2.05) is 43.3 Å². The van der Waals surface area contributed by atoms with E-state index >= 15 is 0 Å². The van der Waals surface area contributed by atoms with E-state index in [-0.39, 0.29) is 5.56 Å². The Labute approximate surface area is 172 Å². The number of benzene rings is 2. The van der Waals surface area contributed by atoms with E-state index < -0.39 is 37.3 Å². The van der Waals surface area contributed by atoms with Crippen LogP contribution < -0.4 is 10.3 Å². The van der Waals surface area contributed by atoms with Crippen molar-refractivity contribution in [3.63, 3.8) is 0 Å². The molecule has 1 aromatic heterocycles. The predicted octanol–water partition coefficient (Wildman–Crippen LogP) is 0.682. The third-order valence-electron chi connectivity index (χ3n) is 5.38. The van der Waals surface area contributed by atoms with Gasteiger partial charge in [-0.25, -0.2) is 0 Å². The molecule has 0 unspecified atom stereocenters. The average molecular weight is 413 g/mol. The monoisotopic (exact) mass is 413 g/mol. The molecule has 4 rings (SSSR count). The lowest BCUT2D eigenvalue weighted by molar-refractivity contribution is -0.277. The maximum absolute atomic E-state index is 12.1. The Morgan fingerprint density at radius 1 is 1.00 bits per heavy atom. The fraction of sp³-hybridized carbons (Fsp3) is 0.318. The molecule has 1 saturated heterocycles. The highest BCUT2D eigenvalue weighted by molar-refractivity contribution is 5.86. The summed E-state index contributed by atoms with van der Waals surface area (Å²) < 4.78 is 11.1. The molecule has 1 aliphatic rings. The van der Waals surface area contributed by atoms with Crippen molar-refractivity contribution < 1.29 is 29.9 Å². The molecule has 30 heavy (non-hydrogen) atoms. The summed E-state index contributed by atoms with van der Waals surface area (Å²) in [6, 6.07) is 12.8. The fourth-order valence-corrected chi connectivity index (χ4v) is 3.61. The second-order valence-corrected chi connectivity index (χ2v) is 7.40. The first kappa shape index (κ1) is 20.5. The molecular formula is C22H23NO7. The van der Waals surface area contributed by atoms with Crippen molar-refractivity contribution >= 4 is 10.8 Å². The Hall–Kier alpha value is -2.75. The fourth-order valence-electron chi connectivity index (χ4n) is 3.61. The molecule has 158 valence electrons. The number of aromatic nitrogens is 1. The van der Waals surface area contributed by atoms with Crippen LogP contribution in [0.3, 0.4) is 0 Å². The largest absolute Gasteiger partial charge is 0.462 e. The van der Waals surface area contributed by atoms with Crippen LogP contribution in [0.1, 0.15) is 5.56 Å². The quantitative estimate of drug-likeness (QED) is 0.425. The third kappa shape index (κ3) is 3.71. The molecule has 0 saturated carbocycles. The van der Waals surface area contributed by atoms with E-state index in [2.05, 4.69) is 4.98 Å². The van der Waals surface area contributed by atoms with Crippen LogP contribution in [-0.4, -0.2) is 62.7 Å². The molecule has 8 nitrogen and oxygen atoms in total. The van der Waals surface area contributed by atoms with Gasteiger partial charge < -0.3 is 34.9 Å². The summed E-state index contributed by atoms with van der Waals surface area (Å²) in [5.41, 5.74) is 2.32. The van der Waals surface area contributed by atoms with Crippen LogP contribution in [0, 0.1) is 6.92 Å². The van der Waals surface area contributed by atoms with Gasteiger partial charge in [-0.15, -0.1) is 0 Å². The van der Waals surface area contributed by atoms with Gasteiger partial charge in [0.1, 0.15) is 30.2 Å². The van der Waals surface area contributed by atoms with E-state index in [9.17, 15) is 25.2 Å². The highest BCUT2D eigenvalue weighted by Crippen LogP contribution is 2.30. The summed E-state index contributed by atoms with van der Waals surface area (Å²) >= 11 is 0. The Bertz CT molecular complexity index is 1110. The lowest BCUT2D eigenvalue weighted by Gasteiger charge is -2.39. The second-order valence-electron chi connectivity index (χ2n) is 7.40. The summed E-state index contributed by atoms with van der Waals surface area (Å²) in [5.74, 6) is 0.418. The van der Waals surface area contributed by atoms with Crippen molar-refractivity contribution in [2.75, 3.05) is 6.61 Å². The van der Waals surface area contributed by atoms with Crippen LogP contribution in [-0.2, 0) is 4.74 Å². The van der Waals surface area contributed by atoms with E-state index in [0.717, 1.165) is 22.1 Å². The van der Waals surface area contributed by atoms with E-state index in [1.165, 1.54) is 0 Å². The van der Waals surface area contributed by atoms with Gasteiger partial charge in [-0.1, -0.05) is 18.2 Å². The molecule has 3 aromatic rings. The van der Waals surface area contributed by atoms with Crippen molar-refractivity contribution in [1.82, 2.24) is 4.98 Å². The number of ether oxygens (including phenoxy) is 2. The molecule has 0 spiro atoms. The van der Waals surface area contributed by atoms with Crippen molar-refractivity contribution in [2.24, 2.45) is 0 Å². The van der Waals surface area contributed by atoms with E-state index in [4.69, 9.17) is 9.47 Å². The van der Waals surface area contributed by atoms with Crippen LogP contribution >= 0.6 is 0 Å². The highest BCUT2D eigenvalue weighted by atomic mass is 16.7. The van der Waals surface area contributed by atoms with Gasteiger partial charge in [-0.2, -0.15) is 0 Å². The second kappa shape index (κ2) is 8.17. The van der Waals surface area contributed by atoms with Crippen LogP contribution in [0.15, 0.2) is 53.5 Å². The Kier molecular flexibility index (Phi) is 5.59. The molecule has 5 N–H and O–H groups in total. The third-order valence-corrected chi connectivity index (χ3v) is 5.38. The minimum absolute atomic E-state index is 0.159. The van der Waals surface area contributed by atoms with Crippen LogP contribution in [0.4, 0.5) is 0 Å². The zero-order valence-electron chi connectivity index (χ0n) is 16.2. The molecule has 8 heteroatoms. The first-order valence-electron chi connectivity index (χ1n) is 9.58. The summed E-state index contributed by atoms with van der Waals surface area (Å²) in [6.07, 6.45) is -5.10. The summed E-state index contributed by atoms with van der Waals surface area (Å²) in [4.78, 5) is 14.7. The number of H-pyrrole nitrogens is 1. The minimum Gasteiger partial charge on any atom is -0.462 e. The summed E-state index contributed by atoms with van der Waals surface area (Å²) in [6.45, 7) is 1.29. The normalized spacial score (nSPS) is 26.6. The van der Waals surface area contributed by atoms with Gasteiger partial charge >= 0.3 is 0 Å². The molecule has 5 atom stereocenters. The first-order valence-corrected chi connectivity index (χ1v) is 9.58. The lowest BCUT2D eigenvalue weighted by atomic mass is 9.99. The maximum atomic E-state index is 12.1. The average Bonchev–Trinajstić information content (AvgIpc) is 2.75. The zero-order chi connectivity index (χ0) is 21.4. The summed E-state index contributed by atoms with van der Waals surface area (Å²) in [5, 5.41) is 40.7. The number of aromatic amines is 1. The number of aliphatic hydroxyl groups excluding tert-OH is 4. The van der Waals surface area contributed by atoms with Crippen molar-refractivity contribution in [2.45, 2.75) is 37.6 Å². The van der Waals surface area contributed by atoms with Crippen molar-refractivity contribution in [3.05, 3.63) is 64.6 Å². The smallest absolute Gasteiger partial charge is 0.255 e. The van der Waals surface area contributed by atoms with Gasteiger partial charge in [0.05, 0.1) is 6.61 Å². The van der Waals surface area contributed by atoms with Crippen LogP contribution in [0.5, 0.6) is 5.75 Å². The number of pyridine rings is 1. The molecule has 1 fully saturated rings. The zero-order valence-corrected chi connectivity index (χ0v) is 16.2. The Balaban J connectivity index is 1.59. The predicted molar refractivity (Wildman–Crippen MR) is 109 cm³/mol. The number of nitrogens with one attached hydrogen (secondary N) is 1. The number of aliphatic hydroxyl groups is 4. The molecule has 2 heterocycles. The number of hydrogen-bond acceptors (Lipinski definition) is 7. The first-order chi connectivity index (χ1) is 14.4. The molecule has 0 radical (unpaired) electrons. The van der Waals surface area contributed by atoms with Crippen LogP contribution in [0.25, 0.3) is 21.9 Å². The van der Waals surface area contributed by atoms with E-state index in [1.54, 1.807) is 12.3 Å². The molecule has 0 aliphatic carbocycles. The Morgan fingerprint density at radius 2 is 1.73 bits per heavy atom. The molecule has 0 bridgehead atoms. The lowest BCUT2D eigenvalue weighted by Crippen LogP contribution is -2.60. The molecular weight excluding hydrogens is 390 g/mol. The Morgan fingerprint density at radius 3 is 2.47 bits per heavy atom. The topological polar surface area (TPSA) is 132 Å². The highest BCUT2D eigenvalue weighted by Gasteiger charge is 2.44. The van der Waals surface area contributed by atoms with Gasteiger partial charge in [-0.05, 0) is 53.3 Å². The van der Waals surface area contributed by atoms with Gasteiger partial charge in [-0.3, -0.25) is 4.79 Å². The standard InChI is InChI=1S/C22H23NO7/c1-11-8-13(14-3-2-12-6-7-23-21(28)15(12)9-14)4-5-16(11)29-22-20(27)19(26)18(25)17(10-24)30-22/h2-9,17-20,22,24-27H,10H2,1H3,(H,23,28)/t17-,18+,19-,20+,22-/m0/s1. The van der Waals surface area contributed by atoms with E-state index in [0.29, 0.717) is 11.1 Å². The van der Waals surface area contributed by atoms with Gasteiger partial charge in [0.25, 0.3) is 5.56 Å². The van der Waals surface area contributed by atoms with Crippen molar-refractivity contribution in [3.8, 4) is 16.9 Å². The van der Waals surface area contributed by atoms with Gasteiger partial charge in [0.15, 0.2) is 0 Å². The minimum atomic E-state index is -1.50. The number of hydrogen-bond donors (Lipinski definition) is 5.